The van der Waals surface area contributed by atoms with Crippen LogP contribution in [0.25, 0.3) is 11.3 Å². The van der Waals surface area contributed by atoms with Crippen molar-refractivity contribution in [1.82, 2.24) is 10.3 Å². The molecular formula is C23H25N3O2. The molecular weight excluding hydrogens is 350 g/mol. The van der Waals surface area contributed by atoms with Gasteiger partial charge in [-0.2, -0.15) is 0 Å². The molecule has 1 aliphatic heterocycles. The quantitative estimate of drug-likeness (QED) is 0.706. The molecule has 2 heterocycles. The maximum Gasteiger partial charge on any atom is 0.220 e. The van der Waals surface area contributed by atoms with Gasteiger partial charge in [-0.1, -0.05) is 48.5 Å². The van der Waals surface area contributed by atoms with Crippen LogP contribution in [0.2, 0.25) is 0 Å². The van der Waals surface area contributed by atoms with Crippen molar-refractivity contribution in [2.75, 3.05) is 18.0 Å². The lowest BCUT2D eigenvalue weighted by Crippen LogP contribution is -2.44. The van der Waals surface area contributed by atoms with E-state index < -0.39 is 0 Å². The molecule has 1 amide bonds. The number of nitrogens with zero attached hydrogens (tertiary/aromatic N) is 2. The number of oxazole rings is 1. The molecule has 1 fully saturated rings. The minimum atomic E-state index is 0.0672. The average Bonchev–Trinajstić information content (AvgIpc) is 3.23. The van der Waals surface area contributed by atoms with E-state index in [0.29, 0.717) is 18.7 Å². The predicted octanol–water partition coefficient (Wildman–Crippen LogP) is 4.06. The molecule has 0 spiro atoms. The Morgan fingerprint density at radius 1 is 1.04 bits per heavy atom. The van der Waals surface area contributed by atoms with Crippen LogP contribution in [0.3, 0.4) is 0 Å². The van der Waals surface area contributed by atoms with Crippen LogP contribution in [0, 0.1) is 0 Å². The number of anilines is 1. The second-order valence-electron chi connectivity index (χ2n) is 7.15. The van der Waals surface area contributed by atoms with E-state index in [1.807, 2.05) is 36.4 Å². The summed E-state index contributed by atoms with van der Waals surface area (Å²) in [6.45, 7) is 1.93. The normalized spacial score (nSPS) is 14.8. The van der Waals surface area contributed by atoms with E-state index in [9.17, 15) is 4.79 Å². The molecule has 144 valence electrons. The third kappa shape index (κ3) is 4.60. The van der Waals surface area contributed by atoms with Gasteiger partial charge in [-0.25, -0.2) is 4.98 Å². The number of aromatic nitrogens is 1. The minimum Gasteiger partial charge on any atom is -0.441 e. The van der Waals surface area contributed by atoms with E-state index in [4.69, 9.17) is 4.42 Å². The number of amides is 1. The van der Waals surface area contributed by atoms with Gasteiger partial charge in [-0.05, 0) is 25.0 Å². The first-order chi connectivity index (χ1) is 13.8. The zero-order chi connectivity index (χ0) is 19.2. The van der Waals surface area contributed by atoms with Crippen molar-refractivity contribution in [2.45, 2.75) is 31.7 Å². The van der Waals surface area contributed by atoms with Crippen molar-refractivity contribution in [3.8, 4) is 11.3 Å². The fourth-order valence-corrected chi connectivity index (χ4v) is 3.60. The molecule has 0 unspecified atom stereocenters. The molecule has 4 rings (SSSR count). The summed E-state index contributed by atoms with van der Waals surface area (Å²) in [6, 6.07) is 20.6. The third-order valence-corrected chi connectivity index (χ3v) is 5.16. The molecule has 2 aromatic carbocycles. The van der Waals surface area contributed by atoms with Crippen LogP contribution in [0.4, 0.5) is 5.69 Å². The summed E-state index contributed by atoms with van der Waals surface area (Å²) in [5.41, 5.74) is 2.25. The zero-order valence-corrected chi connectivity index (χ0v) is 15.9. The number of para-hydroxylation sites is 1. The van der Waals surface area contributed by atoms with Crippen molar-refractivity contribution in [3.05, 3.63) is 72.8 Å². The minimum absolute atomic E-state index is 0.0672. The summed E-state index contributed by atoms with van der Waals surface area (Å²) in [5, 5.41) is 3.16. The Morgan fingerprint density at radius 3 is 2.43 bits per heavy atom. The van der Waals surface area contributed by atoms with Crippen LogP contribution in [-0.4, -0.2) is 30.0 Å². The molecule has 1 aromatic heterocycles. The van der Waals surface area contributed by atoms with Crippen LogP contribution in [-0.2, 0) is 11.2 Å². The van der Waals surface area contributed by atoms with Crippen molar-refractivity contribution in [1.29, 1.82) is 0 Å². The van der Waals surface area contributed by atoms with Gasteiger partial charge in [0.15, 0.2) is 11.7 Å². The third-order valence-electron chi connectivity index (χ3n) is 5.16. The fourth-order valence-electron chi connectivity index (χ4n) is 3.60. The van der Waals surface area contributed by atoms with Gasteiger partial charge < -0.3 is 14.6 Å². The Kier molecular flexibility index (Phi) is 5.71. The lowest BCUT2D eigenvalue weighted by atomic mass is 10.0. The van der Waals surface area contributed by atoms with Gasteiger partial charge in [0.2, 0.25) is 5.91 Å². The van der Waals surface area contributed by atoms with Crippen LogP contribution in [0.5, 0.6) is 0 Å². The Hall–Kier alpha value is -3.08. The summed E-state index contributed by atoms with van der Waals surface area (Å²) < 4.78 is 5.78. The molecule has 0 saturated carbocycles. The van der Waals surface area contributed by atoms with Gasteiger partial charge in [0.05, 0.1) is 6.20 Å². The SMILES string of the molecule is O=C(CCc1ncc(-c2ccccc2)o1)NC1CCN(c2ccccc2)CC1. The molecule has 0 radical (unpaired) electrons. The molecule has 0 atom stereocenters. The maximum absolute atomic E-state index is 12.3. The number of benzene rings is 2. The zero-order valence-electron chi connectivity index (χ0n) is 15.9. The lowest BCUT2D eigenvalue weighted by molar-refractivity contribution is -0.122. The first kappa shape index (κ1) is 18.3. The van der Waals surface area contributed by atoms with E-state index in [1.165, 1.54) is 5.69 Å². The van der Waals surface area contributed by atoms with Crippen molar-refractivity contribution >= 4 is 11.6 Å². The Morgan fingerprint density at radius 2 is 1.71 bits per heavy atom. The number of hydrogen-bond acceptors (Lipinski definition) is 4. The number of carbonyl (C=O) groups is 1. The Bertz CT molecular complexity index is 884. The van der Waals surface area contributed by atoms with Gasteiger partial charge >= 0.3 is 0 Å². The number of rotatable bonds is 6. The number of hydrogen-bond donors (Lipinski definition) is 1. The van der Waals surface area contributed by atoms with Crippen molar-refractivity contribution < 1.29 is 9.21 Å². The Labute approximate surface area is 165 Å². The first-order valence-corrected chi connectivity index (χ1v) is 9.87. The molecule has 1 N–H and O–H groups in total. The molecule has 3 aromatic rings. The van der Waals surface area contributed by atoms with E-state index >= 15 is 0 Å². The summed E-state index contributed by atoms with van der Waals surface area (Å²) in [7, 11) is 0. The number of aryl methyl sites for hydroxylation is 1. The highest BCUT2D eigenvalue weighted by molar-refractivity contribution is 5.76. The van der Waals surface area contributed by atoms with Crippen LogP contribution in [0.15, 0.2) is 71.3 Å². The fraction of sp³-hybridized carbons (Fsp3) is 0.304. The molecule has 1 aliphatic rings. The van der Waals surface area contributed by atoms with Gasteiger partial charge in [0, 0.05) is 43.2 Å². The lowest BCUT2D eigenvalue weighted by Gasteiger charge is -2.34. The van der Waals surface area contributed by atoms with Gasteiger partial charge in [0.1, 0.15) is 0 Å². The highest BCUT2D eigenvalue weighted by atomic mass is 16.4. The highest BCUT2D eigenvalue weighted by Gasteiger charge is 2.21. The van der Waals surface area contributed by atoms with Crippen molar-refractivity contribution in [2.24, 2.45) is 0 Å². The molecule has 0 aliphatic carbocycles. The second-order valence-corrected chi connectivity index (χ2v) is 7.15. The molecule has 5 nitrogen and oxygen atoms in total. The second kappa shape index (κ2) is 8.74. The predicted molar refractivity (Wildman–Crippen MR) is 110 cm³/mol. The number of carbonyl (C=O) groups excluding carboxylic acids is 1. The molecule has 0 bridgehead atoms. The topological polar surface area (TPSA) is 58.4 Å². The molecule has 28 heavy (non-hydrogen) atoms. The largest absolute Gasteiger partial charge is 0.441 e. The van der Waals surface area contributed by atoms with E-state index in [2.05, 4.69) is 39.5 Å². The standard InChI is InChI=1S/C23H25N3O2/c27-22(11-12-23-24-17-21(28-23)18-7-3-1-4-8-18)25-19-13-15-26(16-14-19)20-9-5-2-6-10-20/h1-10,17,19H,11-16H2,(H,25,27). The average molecular weight is 375 g/mol. The van der Waals surface area contributed by atoms with Crippen LogP contribution < -0.4 is 10.2 Å². The van der Waals surface area contributed by atoms with E-state index in [1.54, 1.807) is 6.20 Å². The smallest absolute Gasteiger partial charge is 0.220 e. The highest BCUT2D eigenvalue weighted by Crippen LogP contribution is 2.21. The Balaban J connectivity index is 1.22. The van der Waals surface area contributed by atoms with Gasteiger partial charge in [-0.3, -0.25) is 4.79 Å². The van der Waals surface area contributed by atoms with E-state index in [0.717, 1.165) is 37.3 Å². The van der Waals surface area contributed by atoms with Crippen LogP contribution >= 0.6 is 0 Å². The summed E-state index contributed by atoms with van der Waals surface area (Å²) in [5.74, 6) is 1.41. The maximum atomic E-state index is 12.3. The van der Waals surface area contributed by atoms with Gasteiger partial charge in [0.25, 0.3) is 0 Å². The number of nitrogens with one attached hydrogen (secondary N) is 1. The molecule has 1 saturated heterocycles. The van der Waals surface area contributed by atoms with E-state index in [-0.39, 0.29) is 11.9 Å². The number of piperidine rings is 1. The van der Waals surface area contributed by atoms with Crippen molar-refractivity contribution in [3.63, 3.8) is 0 Å². The summed E-state index contributed by atoms with van der Waals surface area (Å²) in [6.07, 6.45) is 4.58. The van der Waals surface area contributed by atoms with Crippen LogP contribution in [0.1, 0.15) is 25.2 Å². The summed E-state index contributed by atoms with van der Waals surface area (Å²) >= 11 is 0. The first-order valence-electron chi connectivity index (χ1n) is 9.87. The summed E-state index contributed by atoms with van der Waals surface area (Å²) in [4.78, 5) is 19.0. The molecule has 5 heteroatoms. The monoisotopic (exact) mass is 375 g/mol. The van der Waals surface area contributed by atoms with Gasteiger partial charge in [-0.15, -0.1) is 0 Å².